The van der Waals surface area contributed by atoms with Crippen LogP contribution in [-0.2, 0) is 0 Å². The van der Waals surface area contributed by atoms with Gasteiger partial charge in [-0.3, -0.25) is 0 Å². The van der Waals surface area contributed by atoms with E-state index in [-0.39, 0.29) is 11.6 Å². The molecule has 0 spiro atoms. The quantitative estimate of drug-likeness (QED) is 0.848. The first-order chi connectivity index (χ1) is 7.97. The lowest BCUT2D eigenvalue weighted by atomic mass is 9.80. The molecule has 1 unspecified atom stereocenters. The predicted molar refractivity (Wildman–Crippen MR) is 75.1 cm³/mol. The van der Waals surface area contributed by atoms with Crippen molar-refractivity contribution in [3.63, 3.8) is 0 Å². The molecule has 0 aliphatic rings. The largest absolute Gasteiger partial charge is 0.322 e. The Morgan fingerprint density at radius 1 is 1.12 bits per heavy atom. The van der Waals surface area contributed by atoms with Crippen LogP contribution in [-0.4, -0.2) is 24.5 Å². The molecule has 1 rings (SSSR count). The Kier molecular flexibility index (Phi) is 4.72. The Morgan fingerprint density at radius 2 is 1.59 bits per heavy atom. The molecule has 1 aromatic carbocycles. The van der Waals surface area contributed by atoms with Crippen LogP contribution < -0.4 is 5.73 Å². The van der Waals surface area contributed by atoms with Crippen LogP contribution >= 0.6 is 0 Å². The molecule has 17 heavy (non-hydrogen) atoms. The van der Waals surface area contributed by atoms with Crippen molar-refractivity contribution in [2.45, 2.75) is 45.2 Å². The average Bonchev–Trinajstić information content (AvgIpc) is 2.31. The average molecular weight is 234 g/mol. The van der Waals surface area contributed by atoms with Gasteiger partial charge in [0.15, 0.2) is 0 Å². The molecule has 0 amide bonds. The van der Waals surface area contributed by atoms with Crippen molar-refractivity contribution < 1.29 is 0 Å². The summed E-state index contributed by atoms with van der Waals surface area (Å²) in [6, 6.07) is 8.66. The topological polar surface area (TPSA) is 29.3 Å². The van der Waals surface area contributed by atoms with E-state index in [9.17, 15) is 0 Å². The fourth-order valence-electron chi connectivity index (χ4n) is 2.68. The molecule has 1 aromatic rings. The minimum absolute atomic E-state index is 0.0509. The lowest BCUT2D eigenvalue weighted by Gasteiger charge is -2.43. The van der Waals surface area contributed by atoms with Gasteiger partial charge in [-0.05, 0) is 39.4 Å². The van der Waals surface area contributed by atoms with Gasteiger partial charge in [0.1, 0.15) is 0 Å². The normalized spacial score (nSPS) is 14.1. The van der Waals surface area contributed by atoms with Gasteiger partial charge in [-0.25, -0.2) is 0 Å². The minimum Gasteiger partial charge on any atom is -0.322 e. The molecule has 0 saturated heterocycles. The second kappa shape index (κ2) is 5.65. The Bertz CT molecular complexity index is 336. The molecular formula is C15H26N2. The second-order valence-corrected chi connectivity index (χ2v) is 5.09. The summed E-state index contributed by atoms with van der Waals surface area (Å²) in [7, 11) is 4.25. The fourth-order valence-corrected chi connectivity index (χ4v) is 2.68. The van der Waals surface area contributed by atoms with Crippen LogP contribution in [0.1, 0.15) is 43.9 Å². The number of hydrogen-bond donors (Lipinski definition) is 1. The van der Waals surface area contributed by atoms with Gasteiger partial charge < -0.3 is 10.6 Å². The summed E-state index contributed by atoms with van der Waals surface area (Å²) in [5, 5.41) is 0. The molecule has 2 N–H and O–H groups in total. The maximum absolute atomic E-state index is 6.50. The molecule has 96 valence electrons. The summed E-state index contributed by atoms with van der Waals surface area (Å²) in [6.07, 6.45) is 2.12. The highest BCUT2D eigenvalue weighted by atomic mass is 15.2. The molecule has 0 aliphatic carbocycles. The fraction of sp³-hybridized carbons (Fsp3) is 0.600. The van der Waals surface area contributed by atoms with Crippen molar-refractivity contribution in [1.29, 1.82) is 0 Å². The van der Waals surface area contributed by atoms with E-state index < -0.39 is 0 Å². The highest BCUT2D eigenvalue weighted by Gasteiger charge is 2.36. The third-order valence-corrected chi connectivity index (χ3v) is 4.13. The van der Waals surface area contributed by atoms with E-state index in [2.05, 4.69) is 64.0 Å². The molecule has 0 bridgehead atoms. The summed E-state index contributed by atoms with van der Waals surface area (Å²) < 4.78 is 0. The first kappa shape index (κ1) is 14.2. The molecular weight excluding hydrogens is 208 g/mol. The smallest absolute Gasteiger partial charge is 0.0481 e. The van der Waals surface area contributed by atoms with Gasteiger partial charge in [0, 0.05) is 11.6 Å². The van der Waals surface area contributed by atoms with Gasteiger partial charge in [-0.15, -0.1) is 0 Å². The zero-order chi connectivity index (χ0) is 13.1. The van der Waals surface area contributed by atoms with Crippen molar-refractivity contribution in [2.75, 3.05) is 14.1 Å². The summed E-state index contributed by atoms with van der Waals surface area (Å²) in [5.74, 6) is 0. The standard InChI is InChI=1S/C15H26N2/c1-6-15(7-2,17(4)5)14(16)13-10-8-12(3)9-11-13/h8-11,14H,6-7,16H2,1-5H3. The van der Waals surface area contributed by atoms with E-state index in [0.29, 0.717) is 0 Å². The Morgan fingerprint density at radius 3 is 1.94 bits per heavy atom. The van der Waals surface area contributed by atoms with Crippen LogP contribution in [0.15, 0.2) is 24.3 Å². The molecule has 0 saturated carbocycles. The number of nitrogens with zero attached hydrogens (tertiary/aromatic N) is 1. The number of rotatable bonds is 5. The summed E-state index contributed by atoms with van der Waals surface area (Å²) in [6.45, 7) is 6.54. The molecule has 2 nitrogen and oxygen atoms in total. The minimum atomic E-state index is 0.0509. The zero-order valence-corrected chi connectivity index (χ0v) is 11.8. The first-order valence-corrected chi connectivity index (χ1v) is 6.47. The molecule has 0 aromatic heterocycles. The number of benzene rings is 1. The van der Waals surface area contributed by atoms with E-state index >= 15 is 0 Å². The SMILES string of the molecule is CCC(CC)(C(N)c1ccc(C)cc1)N(C)C. The number of aryl methyl sites for hydroxylation is 1. The number of likely N-dealkylation sites (N-methyl/N-ethyl adjacent to an activating group) is 1. The van der Waals surface area contributed by atoms with Crippen molar-refractivity contribution in [2.24, 2.45) is 5.73 Å². The molecule has 0 radical (unpaired) electrons. The molecule has 0 fully saturated rings. The van der Waals surface area contributed by atoms with Gasteiger partial charge in [0.05, 0.1) is 0 Å². The van der Waals surface area contributed by atoms with E-state index in [1.165, 1.54) is 11.1 Å². The van der Waals surface area contributed by atoms with E-state index in [4.69, 9.17) is 5.73 Å². The van der Waals surface area contributed by atoms with Crippen LogP contribution in [0.5, 0.6) is 0 Å². The summed E-state index contributed by atoms with van der Waals surface area (Å²) in [5.41, 5.74) is 9.07. The van der Waals surface area contributed by atoms with Crippen LogP contribution in [0, 0.1) is 6.92 Å². The molecule has 2 heteroatoms. The van der Waals surface area contributed by atoms with Gasteiger partial charge >= 0.3 is 0 Å². The zero-order valence-electron chi connectivity index (χ0n) is 11.8. The number of hydrogen-bond acceptors (Lipinski definition) is 2. The van der Waals surface area contributed by atoms with Crippen molar-refractivity contribution in [3.8, 4) is 0 Å². The Labute approximate surface area is 106 Å². The second-order valence-electron chi connectivity index (χ2n) is 5.09. The number of nitrogens with two attached hydrogens (primary N) is 1. The van der Waals surface area contributed by atoms with Gasteiger partial charge in [0.2, 0.25) is 0 Å². The predicted octanol–water partition coefficient (Wildman–Crippen LogP) is 3.12. The molecule has 0 aliphatic heterocycles. The third kappa shape index (κ3) is 2.70. The molecule has 1 atom stereocenters. The Balaban J connectivity index is 3.07. The van der Waals surface area contributed by atoms with Gasteiger partial charge in [-0.2, -0.15) is 0 Å². The van der Waals surface area contributed by atoms with Crippen molar-refractivity contribution >= 4 is 0 Å². The van der Waals surface area contributed by atoms with Gasteiger partial charge in [0.25, 0.3) is 0 Å². The Hall–Kier alpha value is -0.860. The van der Waals surface area contributed by atoms with Crippen LogP contribution in [0.25, 0.3) is 0 Å². The lowest BCUT2D eigenvalue weighted by Crippen LogP contribution is -2.51. The van der Waals surface area contributed by atoms with Crippen molar-refractivity contribution in [3.05, 3.63) is 35.4 Å². The van der Waals surface area contributed by atoms with Gasteiger partial charge in [-0.1, -0.05) is 43.7 Å². The van der Waals surface area contributed by atoms with E-state index in [0.717, 1.165) is 12.8 Å². The monoisotopic (exact) mass is 234 g/mol. The summed E-state index contributed by atoms with van der Waals surface area (Å²) >= 11 is 0. The third-order valence-electron chi connectivity index (χ3n) is 4.13. The maximum atomic E-state index is 6.50. The highest BCUT2D eigenvalue weighted by molar-refractivity contribution is 5.26. The van der Waals surface area contributed by atoms with E-state index in [1.807, 2.05) is 0 Å². The maximum Gasteiger partial charge on any atom is 0.0481 e. The lowest BCUT2D eigenvalue weighted by molar-refractivity contribution is 0.106. The first-order valence-electron chi connectivity index (χ1n) is 6.47. The van der Waals surface area contributed by atoms with Crippen LogP contribution in [0.4, 0.5) is 0 Å². The van der Waals surface area contributed by atoms with E-state index in [1.54, 1.807) is 0 Å². The van der Waals surface area contributed by atoms with Crippen molar-refractivity contribution in [1.82, 2.24) is 4.90 Å². The van der Waals surface area contributed by atoms with Crippen LogP contribution in [0.2, 0.25) is 0 Å². The highest BCUT2D eigenvalue weighted by Crippen LogP contribution is 2.34. The molecule has 0 heterocycles. The van der Waals surface area contributed by atoms with Crippen LogP contribution in [0.3, 0.4) is 0 Å². The summed E-state index contributed by atoms with van der Waals surface area (Å²) in [4.78, 5) is 2.28.